The first-order chi connectivity index (χ1) is 48.8. The number of piperidine rings is 1. The molecule has 11 amide bonds. The summed E-state index contributed by atoms with van der Waals surface area (Å²) in [6.45, 7) is -1.21. The summed E-state index contributed by atoms with van der Waals surface area (Å²) in [5, 5.41) is 70.0. The van der Waals surface area contributed by atoms with E-state index < -0.39 is 218 Å². The largest absolute Gasteiger partial charge is 0.396 e. The molecule has 0 aliphatic carbocycles. The highest BCUT2D eigenvalue weighted by atomic mass is 32.2. The van der Waals surface area contributed by atoms with E-state index in [-0.39, 0.29) is 55.4 Å². The van der Waals surface area contributed by atoms with Crippen LogP contribution in [-0.4, -0.2) is 232 Å². The van der Waals surface area contributed by atoms with Crippen LogP contribution in [0.3, 0.4) is 0 Å². The summed E-state index contributed by atoms with van der Waals surface area (Å²) in [6.07, 6.45) is -4.14. The Labute approximate surface area is 602 Å². The molecular formula is C68H91N13O18S3. The van der Waals surface area contributed by atoms with Crippen LogP contribution < -0.4 is 74.8 Å². The summed E-state index contributed by atoms with van der Waals surface area (Å²) in [4.78, 5) is 196. The van der Waals surface area contributed by atoms with E-state index in [1.165, 1.54) is 13.8 Å². The van der Waals surface area contributed by atoms with Gasteiger partial charge in [0.05, 0.1) is 92.8 Å². The van der Waals surface area contributed by atoms with Crippen molar-refractivity contribution in [1.82, 2.24) is 58.5 Å². The summed E-state index contributed by atoms with van der Waals surface area (Å²) in [7, 11) is 0. The standard InChI is InChI=1S/C68H91N13O18S3/c1-37(84)50(33-83)78-68(99)59-61-60(92)58(67(98)81-59)80-65(96)48(19-11-12-20-69)76-66(97)49(24-43-27-70-47-18-10-9-17-46(43)47)77-64(95)42(22-40-15-7-4-8-16-40)25-54(88)52(35-101-36-102-61)79-63(94)41(21-39-13-5-3-6-14-39)23-45(86)28-71-55(89)29-72-56(90)30-73-57(91)31-74-62(93)44(32-82)26-53(87)51(34-100)75-38(2)85/h3-10,13-18,37,41-42,44,48-52,58-61,82-84,92,100H,11-12,19-36,69H2,1-2H3,(H,71,89)(H,72,90)(H,73,91)(H,74,93)(H,75,85)(H,76,97)(H,77,95)(H,78,99)(H,79,94)(H,80,96)(H,81,98)/t37-,41+,42-,44?,48+,49-,50-,51?,52?,58+,59+,60?,61?/m1/s1. The Morgan fingerprint density at radius 2 is 1.30 bits per heavy atom. The molecule has 554 valence electrons. The molecule has 6 rings (SSSR count). The second-order valence-electron chi connectivity index (χ2n) is 25.0. The molecule has 0 saturated carbocycles. The lowest BCUT2D eigenvalue weighted by molar-refractivity contribution is -0.140. The fourth-order valence-electron chi connectivity index (χ4n) is 11.4. The number of hydrogen-bond donors (Lipinski definition) is 17. The average Bonchev–Trinajstić information content (AvgIpc) is 0.836. The van der Waals surface area contributed by atoms with Crippen LogP contribution in [-0.2, 0) is 80.0 Å². The van der Waals surface area contributed by atoms with Gasteiger partial charge in [0.2, 0.25) is 65.0 Å². The fourth-order valence-corrected chi connectivity index (χ4v) is 14.3. The highest BCUT2D eigenvalue weighted by molar-refractivity contribution is 8.16. The molecule has 0 spiro atoms. The minimum Gasteiger partial charge on any atom is -0.396 e. The third-order valence-corrected chi connectivity index (χ3v) is 20.2. The first-order valence-electron chi connectivity index (χ1n) is 33.3. The number of nitrogens with zero attached hydrogens (tertiary/aromatic N) is 1. The zero-order valence-corrected chi connectivity index (χ0v) is 59.1. The summed E-state index contributed by atoms with van der Waals surface area (Å²) in [5.41, 5.74) is 7.74. The van der Waals surface area contributed by atoms with Crippen molar-refractivity contribution in [3.63, 3.8) is 0 Å². The number of nitrogens with one attached hydrogen (secondary N) is 11. The fraction of sp³-hybridized carbons (Fsp3) is 0.515. The topological polar surface area (TPSA) is 491 Å². The molecule has 0 aromatic heterocycles. The SMILES string of the molecule is CC(=O)NC(CS)C(=O)CC(CO)C(=O)NCC(=O)NCC(=O)NCC(=O)NCC(=O)C[C@H](Cc1ccccc1)C(=O)NC1CSCSC2C(O)[C@H](NC(=O)[C@H](CCCCN)NC(=O)[C@@H](CC3=c4ccccc4=NC3)NC(=O)[C@H](Cc3ccccc3)CC1=O)C(=O)N[C@@H]2C(=O)N[C@H](CO)[C@@H](C)O. The quantitative estimate of drug-likeness (QED) is 0.0200. The molecule has 17 N–H and O–H groups in total. The number of aliphatic hydroxyl groups excluding tert-OH is 4. The number of fused-ring (bicyclic) bond motifs is 3. The van der Waals surface area contributed by atoms with E-state index in [1.807, 2.05) is 6.07 Å². The Balaban J connectivity index is 1.24. The molecular weight excluding hydrogens is 1380 g/mol. The summed E-state index contributed by atoms with van der Waals surface area (Å²) < 4.78 is 0. The van der Waals surface area contributed by atoms with Crippen molar-refractivity contribution in [1.29, 1.82) is 0 Å². The van der Waals surface area contributed by atoms with Crippen LogP contribution in [0.1, 0.15) is 69.9 Å². The first kappa shape index (κ1) is 82.3. The van der Waals surface area contributed by atoms with Gasteiger partial charge in [0.1, 0.15) is 24.2 Å². The lowest BCUT2D eigenvalue weighted by Crippen LogP contribution is -2.71. The Hall–Kier alpha value is -8.64. The molecule has 2 bridgehead atoms. The number of para-hydroxylation sites is 1. The van der Waals surface area contributed by atoms with Gasteiger partial charge < -0.3 is 84.6 Å². The molecule has 13 atom stereocenters. The number of unbranched alkanes of at least 4 members (excludes halogenated alkanes) is 1. The van der Waals surface area contributed by atoms with E-state index in [0.717, 1.165) is 23.5 Å². The Morgan fingerprint density at radius 3 is 1.93 bits per heavy atom. The number of hydrogen-bond acceptors (Lipinski definition) is 23. The molecule has 3 heterocycles. The Morgan fingerprint density at radius 1 is 0.686 bits per heavy atom. The van der Waals surface area contributed by atoms with Gasteiger partial charge in [-0.1, -0.05) is 78.9 Å². The monoisotopic (exact) mass is 1470 g/mol. The maximum absolute atomic E-state index is 15.3. The summed E-state index contributed by atoms with van der Waals surface area (Å²) in [5.74, 6) is -15.0. The molecule has 0 radical (unpaired) electrons. The van der Waals surface area contributed by atoms with Crippen molar-refractivity contribution in [3.8, 4) is 0 Å². The lowest BCUT2D eigenvalue weighted by Gasteiger charge is -2.40. The normalized spacial score (nSPS) is 21.8. The number of amides is 11. The second kappa shape index (κ2) is 42.1. The zero-order chi connectivity index (χ0) is 74.4. The van der Waals surface area contributed by atoms with Crippen molar-refractivity contribution >= 4 is 124 Å². The van der Waals surface area contributed by atoms with Gasteiger partial charge in [0.25, 0.3) is 0 Å². The summed E-state index contributed by atoms with van der Waals surface area (Å²) >= 11 is 6.01. The minimum absolute atomic E-state index is 0.0153. The number of carbonyl (C=O) groups excluding carboxylic acids is 14. The lowest BCUT2D eigenvalue weighted by atomic mass is 9.90. The van der Waals surface area contributed by atoms with E-state index in [2.05, 4.69) is 76.1 Å². The zero-order valence-electron chi connectivity index (χ0n) is 56.5. The number of rotatable bonds is 33. The molecule has 3 aromatic carbocycles. The number of Topliss-reactive ketones (excluding diaryl/α,β-unsaturated/α-hetero) is 3. The number of thiol groups is 1. The van der Waals surface area contributed by atoms with Gasteiger partial charge in [-0.25, -0.2) is 0 Å². The first-order valence-corrected chi connectivity index (χ1v) is 36.2. The maximum atomic E-state index is 15.3. The van der Waals surface area contributed by atoms with Gasteiger partial charge in [-0.3, -0.25) is 72.1 Å². The predicted molar refractivity (Wildman–Crippen MR) is 378 cm³/mol. The number of ketones is 3. The van der Waals surface area contributed by atoms with E-state index in [4.69, 9.17) is 5.73 Å². The minimum atomic E-state index is -1.83. The highest BCUT2D eigenvalue weighted by Gasteiger charge is 2.48. The van der Waals surface area contributed by atoms with Crippen molar-refractivity contribution in [3.05, 3.63) is 107 Å². The number of thioether (sulfide) groups is 2. The van der Waals surface area contributed by atoms with Crippen LogP contribution in [0.2, 0.25) is 0 Å². The van der Waals surface area contributed by atoms with E-state index >= 15 is 9.59 Å². The van der Waals surface area contributed by atoms with E-state index in [0.29, 0.717) is 40.1 Å². The van der Waals surface area contributed by atoms with Crippen LogP contribution in [0.25, 0.3) is 5.57 Å². The number of aliphatic hydroxyl groups is 4. The van der Waals surface area contributed by atoms with Gasteiger partial charge in [-0.05, 0) is 68.3 Å². The molecule has 3 aliphatic rings. The Kier molecular flexibility index (Phi) is 34.0. The molecule has 34 heteroatoms. The molecule has 5 unspecified atom stereocenters. The van der Waals surface area contributed by atoms with Crippen molar-refractivity contribution < 1.29 is 87.5 Å². The van der Waals surface area contributed by atoms with Crippen molar-refractivity contribution in [2.45, 2.75) is 131 Å². The number of nitrogens with two attached hydrogens (primary N) is 1. The second-order valence-corrected chi connectivity index (χ2v) is 27.9. The maximum Gasteiger partial charge on any atom is 0.246 e. The molecule has 3 aromatic rings. The van der Waals surface area contributed by atoms with Crippen LogP contribution in [0.5, 0.6) is 0 Å². The van der Waals surface area contributed by atoms with Crippen LogP contribution in [0.4, 0.5) is 0 Å². The van der Waals surface area contributed by atoms with Gasteiger partial charge >= 0.3 is 0 Å². The molecule has 3 aliphatic heterocycles. The molecule has 102 heavy (non-hydrogen) atoms. The highest BCUT2D eigenvalue weighted by Crippen LogP contribution is 2.30. The number of carbonyl (C=O) groups is 14. The van der Waals surface area contributed by atoms with E-state index in [9.17, 15) is 78.0 Å². The third kappa shape index (κ3) is 26.0. The summed E-state index contributed by atoms with van der Waals surface area (Å²) in [6, 6.07) is 14.7. The molecule has 2 fully saturated rings. The molecule has 31 nitrogen and oxygen atoms in total. The van der Waals surface area contributed by atoms with Gasteiger partial charge in [-0.2, -0.15) is 12.6 Å². The van der Waals surface area contributed by atoms with Crippen molar-refractivity contribution in [2.75, 3.05) is 69.1 Å². The van der Waals surface area contributed by atoms with Crippen molar-refractivity contribution in [2.24, 2.45) is 28.5 Å². The number of benzene rings is 3. The predicted octanol–water partition coefficient (Wildman–Crippen LogP) is -5.44. The van der Waals surface area contributed by atoms with E-state index in [1.54, 1.807) is 78.9 Å². The molecule has 2 saturated heterocycles. The van der Waals surface area contributed by atoms with Gasteiger partial charge in [0, 0.05) is 66.3 Å². The smallest absolute Gasteiger partial charge is 0.246 e. The Bertz CT molecular complexity index is 3600. The third-order valence-electron chi connectivity index (χ3n) is 17.1. The van der Waals surface area contributed by atoms with Crippen LogP contribution in [0.15, 0.2) is 89.9 Å². The van der Waals surface area contributed by atoms with Crippen LogP contribution in [0, 0.1) is 17.8 Å². The average molecular weight is 1470 g/mol. The van der Waals surface area contributed by atoms with Gasteiger partial charge in [-0.15, -0.1) is 23.5 Å². The van der Waals surface area contributed by atoms with Crippen LogP contribution >= 0.6 is 36.2 Å². The van der Waals surface area contributed by atoms with Gasteiger partial charge in [0.15, 0.2) is 17.3 Å².